The van der Waals surface area contributed by atoms with E-state index in [0.29, 0.717) is 4.80 Å². The Morgan fingerprint density at radius 2 is 2.25 bits per heavy atom. The molecule has 86 valence electrons. The van der Waals surface area contributed by atoms with E-state index in [1.54, 1.807) is 11.3 Å². The van der Waals surface area contributed by atoms with Crippen LogP contribution in [0.4, 0.5) is 0 Å². The lowest BCUT2D eigenvalue weighted by Crippen LogP contribution is -2.14. The maximum absolute atomic E-state index is 7.98. The standard InChI is InChI=1S/C12H16N2S2/c1-3-9-4-5-10-11(8-9)16-12(13)14(10)6-7-15-2/h4-5,8,13H,3,6-7H2,1-2H3. The Morgan fingerprint density at radius 3 is 2.94 bits per heavy atom. The molecule has 1 heterocycles. The topological polar surface area (TPSA) is 28.8 Å². The van der Waals surface area contributed by atoms with Crippen LogP contribution in [0.5, 0.6) is 0 Å². The highest BCUT2D eigenvalue weighted by Gasteiger charge is 2.05. The Morgan fingerprint density at radius 1 is 1.44 bits per heavy atom. The highest BCUT2D eigenvalue weighted by atomic mass is 32.2. The van der Waals surface area contributed by atoms with Gasteiger partial charge in [0.25, 0.3) is 0 Å². The van der Waals surface area contributed by atoms with Crippen molar-refractivity contribution in [3.8, 4) is 0 Å². The van der Waals surface area contributed by atoms with Crippen LogP contribution in [-0.4, -0.2) is 16.6 Å². The van der Waals surface area contributed by atoms with Crippen LogP contribution < -0.4 is 4.80 Å². The SMILES string of the molecule is CCc1ccc2c(c1)sc(=N)n2CCSC. The van der Waals surface area contributed by atoms with Gasteiger partial charge in [0.1, 0.15) is 0 Å². The first-order valence-corrected chi connectivity index (χ1v) is 7.63. The highest BCUT2D eigenvalue weighted by Crippen LogP contribution is 2.19. The van der Waals surface area contributed by atoms with Crippen molar-refractivity contribution in [2.75, 3.05) is 12.0 Å². The van der Waals surface area contributed by atoms with Gasteiger partial charge in [0.15, 0.2) is 4.80 Å². The van der Waals surface area contributed by atoms with Gasteiger partial charge < -0.3 is 4.57 Å². The fourth-order valence-corrected chi connectivity index (χ4v) is 3.12. The molecular formula is C12H16N2S2. The molecule has 1 N–H and O–H groups in total. The summed E-state index contributed by atoms with van der Waals surface area (Å²) in [5.41, 5.74) is 2.56. The van der Waals surface area contributed by atoms with E-state index in [2.05, 4.69) is 35.9 Å². The first kappa shape index (κ1) is 11.7. The van der Waals surface area contributed by atoms with Crippen molar-refractivity contribution in [2.45, 2.75) is 19.9 Å². The molecule has 0 unspecified atom stereocenters. The maximum atomic E-state index is 7.98. The second kappa shape index (κ2) is 5.06. The molecule has 4 heteroatoms. The zero-order valence-corrected chi connectivity index (χ0v) is 11.3. The third-order valence-corrected chi connectivity index (χ3v) is 4.25. The molecule has 0 saturated heterocycles. The molecule has 0 atom stereocenters. The van der Waals surface area contributed by atoms with E-state index < -0.39 is 0 Å². The number of hydrogen-bond acceptors (Lipinski definition) is 3. The van der Waals surface area contributed by atoms with Crippen molar-refractivity contribution in [1.29, 1.82) is 5.41 Å². The van der Waals surface area contributed by atoms with Crippen LogP contribution in [0.3, 0.4) is 0 Å². The van der Waals surface area contributed by atoms with Gasteiger partial charge in [0.05, 0.1) is 10.2 Å². The Hall–Kier alpha value is -0.740. The fraction of sp³-hybridized carbons (Fsp3) is 0.417. The predicted octanol–water partition coefficient (Wildman–Crippen LogP) is 3.11. The monoisotopic (exact) mass is 252 g/mol. The molecule has 2 aromatic rings. The third kappa shape index (κ3) is 2.18. The predicted molar refractivity (Wildman–Crippen MR) is 73.4 cm³/mol. The Balaban J connectivity index is 2.49. The lowest BCUT2D eigenvalue weighted by atomic mass is 10.2. The van der Waals surface area contributed by atoms with E-state index in [0.717, 1.165) is 18.7 Å². The van der Waals surface area contributed by atoms with Crippen LogP contribution in [0.15, 0.2) is 18.2 Å². The van der Waals surface area contributed by atoms with Crippen LogP contribution in [0.25, 0.3) is 10.2 Å². The summed E-state index contributed by atoms with van der Waals surface area (Å²) >= 11 is 3.40. The number of fused-ring (bicyclic) bond motifs is 1. The van der Waals surface area contributed by atoms with Crippen molar-refractivity contribution in [3.05, 3.63) is 28.6 Å². The molecule has 1 aromatic heterocycles. The van der Waals surface area contributed by atoms with Gasteiger partial charge >= 0.3 is 0 Å². The van der Waals surface area contributed by atoms with Gasteiger partial charge in [-0.2, -0.15) is 11.8 Å². The first-order chi connectivity index (χ1) is 7.76. The molecule has 0 bridgehead atoms. The molecule has 0 saturated carbocycles. The molecule has 2 nitrogen and oxygen atoms in total. The van der Waals surface area contributed by atoms with Crippen LogP contribution in [-0.2, 0) is 13.0 Å². The van der Waals surface area contributed by atoms with Gasteiger partial charge in [-0.1, -0.05) is 24.3 Å². The second-order valence-electron chi connectivity index (χ2n) is 3.71. The lowest BCUT2D eigenvalue weighted by molar-refractivity contribution is 0.764. The summed E-state index contributed by atoms with van der Waals surface area (Å²) in [6, 6.07) is 6.54. The molecule has 16 heavy (non-hydrogen) atoms. The Bertz CT molecular complexity index is 539. The van der Waals surface area contributed by atoms with Crippen molar-refractivity contribution in [2.24, 2.45) is 0 Å². The fourth-order valence-electron chi connectivity index (χ4n) is 1.76. The molecule has 1 aromatic carbocycles. The average Bonchev–Trinajstić information content (AvgIpc) is 2.61. The molecular weight excluding hydrogens is 236 g/mol. The van der Waals surface area contributed by atoms with Crippen molar-refractivity contribution in [3.63, 3.8) is 0 Å². The van der Waals surface area contributed by atoms with Crippen molar-refractivity contribution >= 4 is 33.3 Å². The van der Waals surface area contributed by atoms with Crippen LogP contribution in [0, 0.1) is 5.41 Å². The number of benzene rings is 1. The molecule has 0 aliphatic carbocycles. The van der Waals surface area contributed by atoms with Crippen LogP contribution >= 0.6 is 23.1 Å². The minimum atomic E-state index is 0.664. The minimum absolute atomic E-state index is 0.664. The van der Waals surface area contributed by atoms with E-state index in [1.807, 2.05) is 11.8 Å². The smallest absolute Gasteiger partial charge is 0.182 e. The number of hydrogen-bond donors (Lipinski definition) is 1. The average molecular weight is 252 g/mol. The van der Waals surface area contributed by atoms with Crippen molar-refractivity contribution < 1.29 is 0 Å². The third-order valence-electron chi connectivity index (χ3n) is 2.69. The number of nitrogens with one attached hydrogen (secondary N) is 1. The molecule has 2 rings (SSSR count). The van der Waals surface area contributed by atoms with Gasteiger partial charge in [-0.05, 0) is 30.4 Å². The van der Waals surface area contributed by atoms with Crippen LogP contribution in [0.2, 0.25) is 0 Å². The van der Waals surface area contributed by atoms with Crippen LogP contribution in [0.1, 0.15) is 12.5 Å². The minimum Gasteiger partial charge on any atom is -0.316 e. The largest absolute Gasteiger partial charge is 0.316 e. The lowest BCUT2D eigenvalue weighted by Gasteiger charge is -2.03. The number of aromatic nitrogens is 1. The van der Waals surface area contributed by atoms with E-state index in [-0.39, 0.29) is 0 Å². The molecule has 0 fully saturated rings. The van der Waals surface area contributed by atoms with Crippen molar-refractivity contribution in [1.82, 2.24) is 4.57 Å². The molecule has 0 amide bonds. The summed E-state index contributed by atoms with van der Waals surface area (Å²) in [4.78, 5) is 0.664. The van der Waals surface area contributed by atoms with E-state index in [4.69, 9.17) is 5.41 Å². The summed E-state index contributed by atoms with van der Waals surface area (Å²) < 4.78 is 3.35. The molecule has 0 spiro atoms. The number of nitrogens with zero attached hydrogens (tertiary/aromatic N) is 1. The Labute approximate surface area is 104 Å². The molecule has 0 aliphatic heterocycles. The highest BCUT2D eigenvalue weighted by molar-refractivity contribution is 7.98. The van der Waals surface area contributed by atoms with Gasteiger partial charge in [-0.15, -0.1) is 0 Å². The number of rotatable bonds is 4. The summed E-state index contributed by atoms with van der Waals surface area (Å²) in [6.45, 7) is 3.10. The van der Waals surface area contributed by atoms with Gasteiger partial charge in [-0.3, -0.25) is 5.41 Å². The summed E-state index contributed by atoms with van der Waals surface area (Å²) in [5.74, 6) is 1.07. The second-order valence-corrected chi connectivity index (χ2v) is 5.72. The van der Waals surface area contributed by atoms with E-state index in [1.165, 1.54) is 15.8 Å². The number of thiazole rings is 1. The quantitative estimate of drug-likeness (QED) is 0.890. The van der Waals surface area contributed by atoms with E-state index in [9.17, 15) is 0 Å². The first-order valence-electron chi connectivity index (χ1n) is 5.42. The summed E-state index contributed by atoms with van der Waals surface area (Å²) in [5, 5.41) is 7.98. The molecule has 0 aliphatic rings. The van der Waals surface area contributed by atoms with E-state index >= 15 is 0 Å². The normalized spacial score (nSPS) is 11.1. The Kier molecular flexibility index (Phi) is 3.71. The number of aryl methyl sites for hydroxylation is 2. The van der Waals surface area contributed by atoms with Gasteiger partial charge in [0.2, 0.25) is 0 Å². The molecule has 0 radical (unpaired) electrons. The zero-order valence-electron chi connectivity index (χ0n) is 9.62. The number of thioether (sulfide) groups is 1. The summed E-state index contributed by atoms with van der Waals surface area (Å²) in [7, 11) is 0. The summed E-state index contributed by atoms with van der Waals surface area (Å²) in [6.07, 6.45) is 3.17. The van der Waals surface area contributed by atoms with Gasteiger partial charge in [0, 0.05) is 12.3 Å². The zero-order chi connectivity index (χ0) is 11.5. The maximum Gasteiger partial charge on any atom is 0.182 e. The van der Waals surface area contributed by atoms with Gasteiger partial charge in [-0.25, -0.2) is 0 Å².